The molecule has 0 atom stereocenters. The molecular weight excluding hydrogens is 293 g/mol. The first-order chi connectivity index (χ1) is 11.3. The van der Waals surface area contributed by atoms with E-state index in [1.165, 1.54) is 12.1 Å². The summed E-state index contributed by atoms with van der Waals surface area (Å²) in [5.74, 6) is 1.49. The van der Waals surface area contributed by atoms with Gasteiger partial charge in [0.05, 0.1) is 12.8 Å². The summed E-state index contributed by atoms with van der Waals surface area (Å²) in [6, 6.07) is 10.3. The first-order valence-electron chi connectivity index (χ1n) is 8.07. The molecule has 2 rings (SSSR count). The van der Waals surface area contributed by atoms with Gasteiger partial charge >= 0.3 is 0 Å². The minimum Gasteiger partial charge on any atom is -0.469 e. The average molecular weight is 317 g/mol. The zero-order chi connectivity index (χ0) is 16.3. The van der Waals surface area contributed by atoms with Crippen molar-refractivity contribution in [2.45, 2.75) is 32.7 Å². The van der Waals surface area contributed by atoms with Crippen molar-refractivity contribution >= 4 is 5.96 Å². The molecule has 2 aromatic rings. The molecule has 0 spiro atoms. The van der Waals surface area contributed by atoms with E-state index in [0.29, 0.717) is 6.54 Å². The molecule has 0 unspecified atom stereocenters. The first-order valence-corrected chi connectivity index (χ1v) is 8.07. The van der Waals surface area contributed by atoms with Crippen LogP contribution in [0.15, 0.2) is 52.1 Å². The summed E-state index contributed by atoms with van der Waals surface area (Å²) in [6.45, 7) is 4.30. The summed E-state index contributed by atoms with van der Waals surface area (Å²) in [7, 11) is 0. The maximum Gasteiger partial charge on any atom is 0.191 e. The van der Waals surface area contributed by atoms with E-state index in [1.54, 1.807) is 18.4 Å². The third kappa shape index (κ3) is 6.55. The molecule has 0 aliphatic carbocycles. The second kappa shape index (κ2) is 9.66. The summed E-state index contributed by atoms with van der Waals surface area (Å²) in [6.07, 6.45) is 4.70. The van der Waals surface area contributed by atoms with Crippen molar-refractivity contribution in [1.29, 1.82) is 0 Å². The molecule has 0 aliphatic rings. The Kier molecular flexibility index (Phi) is 7.17. The second-order valence-corrected chi connectivity index (χ2v) is 5.33. The number of rotatable bonds is 8. The van der Waals surface area contributed by atoms with Crippen LogP contribution < -0.4 is 10.6 Å². The summed E-state index contributed by atoms with van der Waals surface area (Å²) in [5.41, 5.74) is 0.981. The van der Waals surface area contributed by atoms with Gasteiger partial charge in [0.15, 0.2) is 5.96 Å². The van der Waals surface area contributed by atoms with E-state index in [2.05, 4.69) is 22.5 Å². The fourth-order valence-corrected chi connectivity index (χ4v) is 2.08. The topological polar surface area (TPSA) is 49.6 Å². The van der Waals surface area contributed by atoms with Gasteiger partial charge in [0.2, 0.25) is 0 Å². The van der Waals surface area contributed by atoms with Crippen LogP contribution in [-0.4, -0.2) is 19.0 Å². The SMILES string of the molecule is CCCCNC(=NCc1ccc(F)cc1)NCCc1ccco1. The van der Waals surface area contributed by atoms with Gasteiger partial charge in [0, 0.05) is 19.5 Å². The zero-order valence-corrected chi connectivity index (χ0v) is 13.5. The van der Waals surface area contributed by atoms with Gasteiger partial charge in [-0.3, -0.25) is 0 Å². The Labute approximate surface area is 136 Å². The lowest BCUT2D eigenvalue weighted by Gasteiger charge is -2.12. The zero-order valence-electron chi connectivity index (χ0n) is 13.5. The van der Waals surface area contributed by atoms with Crippen molar-refractivity contribution in [3.8, 4) is 0 Å². The van der Waals surface area contributed by atoms with Crippen molar-refractivity contribution in [1.82, 2.24) is 10.6 Å². The summed E-state index contributed by atoms with van der Waals surface area (Å²) >= 11 is 0. The van der Waals surface area contributed by atoms with Gasteiger partial charge in [-0.2, -0.15) is 0 Å². The highest BCUT2D eigenvalue weighted by Crippen LogP contribution is 2.04. The fraction of sp³-hybridized carbons (Fsp3) is 0.389. The van der Waals surface area contributed by atoms with Crippen LogP contribution in [0.2, 0.25) is 0 Å². The third-order valence-corrected chi connectivity index (χ3v) is 3.40. The molecule has 0 aliphatic heterocycles. The minimum atomic E-state index is -0.226. The van der Waals surface area contributed by atoms with Crippen molar-refractivity contribution in [3.63, 3.8) is 0 Å². The number of halogens is 1. The van der Waals surface area contributed by atoms with E-state index < -0.39 is 0 Å². The number of hydrogen-bond acceptors (Lipinski definition) is 2. The number of hydrogen-bond donors (Lipinski definition) is 2. The number of guanidine groups is 1. The quantitative estimate of drug-likeness (QED) is 0.445. The second-order valence-electron chi connectivity index (χ2n) is 5.33. The molecule has 1 aromatic carbocycles. The normalized spacial score (nSPS) is 11.5. The molecular formula is C18H24FN3O. The molecule has 124 valence electrons. The standard InChI is InChI=1S/C18H24FN3O/c1-2-3-11-20-18(21-12-10-17-5-4-13-23-17)22-14-15-6-8-16(19)9-7-15/h4-9,13H,2-3,10-12,14H2,1H3,(H2,20,21,22). The number of nitrogens with zero attached hydrogens (tertiary/aromatic N) is 1. The Morgan fingerprint density at radius 3 is 2.61 bits per heavy atom. The maximum absolute atomic E-state index is 12.9. The Balaban J connectivity index is 1.86. The molecule has 0 bridgehead atoms. The highest BCUT2D eigenvalue weighted by molar-refractivity contribution is 5.79. The van der Waals surface area contributed by atoms with Gasteiger partial charge in [-0.1, -0.05) is 25.5 Å². The highest BCUT2D eigenvalue weighted by Gasteiger charge is 2.01. The molecule has 0 radical (unpaired) electrons. The first kappa shape index (κ1) is 17.1. The molecule has 0 saturated heterocycles. The van der Waals surface area contributed by atoms with Gasteiger partial charge in [0.25, 0.3) is 0 Å². The average Bonchev–Trinajstić information content (AvgIpc) is 3.07. The van der Waals surface area contributed by atoms with Crippen LogP contribution in [0.4, 0.5) is 4.39 Å². The lowest BCUT2D eigenvalue weighted by atomic mass is 10.2. The lowest BCUT2D eigenvalue weighted by molar-refractivity contribution is 0.506. The van der Waals surface area contributed by atoms with Gasteiger partial charge < -0.3 is 15.1 Å². The number of nitrogens with one attached hydrogen (secondary N) is 2. The van der Waals surface area contributed by atoms with E-state index in [4.69, 9.17) is 4.42 Å². The molecule has 5 heteroatoms. The monoisotopic (exact) mass is 317 g/mol. The van der Waals surface area contributed by atoms with Crippen molar-refractivity contribution < 1.29 is 8.81 Å². The molecule has 0 saturated carbocycles. The Hall–Kier alpha value is -2.30. The predicted octanol–water partition coefficient (Wildman–Crippen LogP) is 3.50. The number of aliphatic imine (C=N–C) groups is 1. The van der Waals surface area contributed by atoms with E-state index in [-0.39, 0.29) is 5.82 Å². The highest BCUT2D eigenvalue weighted by atomic mass is 19.1. The van der Waals surface area contributed by atoms with Crippen molar-refractivity contribution in [2.24, 2.45) is 4.99 Å². The van der Waals surface area contributed by atoms with E-state index in [1.807, 2.05) is 12.1 Å². The molecule has 1 aromatic heterocycles. The Morgan fingerprint density at radius 1 is 1.13 bits per heavy atom. The van der Waals surface area contributed by atoms with Crippen LogP contribution in [-0.2, 0) is 13.0 Å². The van der Waals surface area contributed by atoms with Crippen LogP contribution in [0.5, 0.6) is 0 Å². The van der Waals surface area contributed by atoms with E-state index in [9.17, 15) is 4.39 Å². The van der Waals surface area contributed by atoms with E-state index >= 15 is 0 Å². The lowest BCUT2D eigenvalue weighted by Crippen LogP contribution is -2.38. The largest absolute Gasteiger partial charge is 0.469 e. The molecule has 2 N–H and O–H groups in total. The molecule has 4 nitrogen and oxygen atoms in total. The number of unbranched alkanes of at least 4 members (excludes halogenated alkanes) is 1. The van der Waals surface area contributed by atoms with Crippen LogP contribution in [0.25, 0.3) is 0 Å². The van der Waals surface area contributed by atoms with Crippen LogP contribution >= 0.6 is 0 Å². The van der Waals surface area contributed by atoms with Crippen LogP contribution in [0.3, 0.4) is 0 Å². The maximum atomic E-state index is 12.9. The van der Waals surface area contributed by atoms with Crippen LogP contribution in [0.1, 0.15) is 31.1 Å². The van der Waals surface area contributed by atoms with Gasteiger partial charge in [0.1, 0.15) is 11.6 Å². The molecule has 0 fully saturated rings. The van der Waals surface area contributed by atoms with Crippen LogP contribution in [0, 0.1) is 5.82 Å². The van der Waals surface area contributed by atoms with Gasteiger partial charge in [-0.25, -0.2) is 9.38 Å². The Bertz CT molecular complexity index is 579. The number of furan rings is 1. The molecule has 1 heterocycles. The molecule has 0 amide bonds. The Morgan fingerprint density at radius 2 is 1.91 bits per heavy atom. The molecule has 23 heavy (non-hydrogen) atoms. The fourth-order valence-electron chi connectivity index (χ4n) is 2.08. The summed E-state index contributed by atoms with van der Waals surface area (Å²) < 4.78 is 18.2. The summed E-state index contributed by atoms with van der Waals surface area (Å²) in [5, 5.41) is 6.62. The van der Waals surface area contributed by atoms with Crippen molar-refractivity contribution in [3.05, 3.63) is 59.8 Å². The minimum absolute atomic E-state index is 0.226. The third-order valence-electron chi connectivity index (χ3n) is 3.40. The van der Waals surface area contributed by atoms with Crippen molar-refractivity contribution in [2.75, 3.05) is 13.1 Å². The van der Waals surface area contributed by atoms with Gasteiger partial charge in [-0.05, 0) is 36.2 Å². The predicted molar refractivity (Wildman–Crippen MR) is 90.9 cm³/mol. The number of benzene rings is 1. The smallest absolute Gasteiger partial charge is 0.191 e. The van der Waals surface area contributed by atoms with E-state index in [0.717, 1.165) is 49.6 Å². The van der Waals surface area contributed by atoms with Gasteiger partial charge in [-0.15, -0.1) is 0 Å². The summed E-state index contributed by atoms with van der Waals surface area (Å²) in [4.78, 5) is 4.56.